The summed E-state index contributed by atoms with van der Waals surface area (Å²) in [6.45, 7) is 1.60. The summed E-state index contributed by atoms with van der Waals surface area (Å²) < 4.78 is 5.40. The van der Waals surface area contributed by atoms with Crippen LogP contribution >= 0.6 is 0 Å². The van der Waals surface area contributed by atoms with Gasteiger partial charge in [-0.2, -0.15) is 9.97 Å². The molecule has 0 amide bonds. The second-order valence-electron chi connectivity index (χ2n) is 5.63. The van der Waals surface area contributed by atoms with E-state index in [1.807, 2.05) is 0 Å². The molecule has 1 aromatic heterocycles. The van der Waals surface area contributed by atoms with Crippen molar-refractivity contribution in [2.45, 2.75) is 56.8 Å². The zero-order chi connectivity index (χ0) is 13.1. The van der Waals surface area contributed by atoms with Gasteiger partial charge in [-0.15, -0.1) is 0 Å². The zero-order valence-corrected chi connectivity index (χ0v) is 11.3. The van der Waals surface area contributed by atoms with Gasteiger partial charge in [-0.3, -0.25) is 0 Å². The maximum atomic E-state index is 5.88. The van der Waals surface area contributed by atoms with Crippen molar-refractivity contribution in [1.29, 1.82) is 0 Å². The SMILES string of the molecule is Nc1nc(C2CCCCC2)nc(C2CCOCC2)n1. The molecule has 104 valence electrons. The number of hydrogen-bond acceptors (Lipinski definition) is 5. The Hall–Kier alpha value is -1.23. The van der Waals surface area contributed by atoms with Crippen molar-refractivity contribution in [3.8, 4) is 0 Å². The van der Waals surface area contributed by atoms with Crippen LogP contribution in [-0.4, -0.2) is 28.2 Å². The predicted molar refractivity (Wildman–Crippen MR) is 72.9 cm³/mol. The lowest BCUT2D eigenvalue weighted by atomic mass is 9.88. The van der Waals surface area contributed by atoms with Crippen LogP contribution < -0.4 is 5.73 Å². The lowest BCUT2D eigenvalue weighted by molar-refractivity contribution is 0.0834. The van der Waals surface area contributed by atoms with E-state index in [1.165, 1.54) is 32.1 Å². The monoisotopic (exact) mass is 262 g/mol. The van der Waals surface area contributed by atoms with Crippen LogP contribution in [0.3, 0.4) is 0 Å². The fraction of sp³-hybridized carbons (Fsp3) is 0.786. The van der Waals surface area contributed by atoms with Crippen molar-refractivity contribution < 1.29 is 4.74 Å². The van der Waals surface area contributed by atoms with Crippen LogP contribution in [-0.2, 0) is 4.74 Å². The maximum Gasteiger partial charge on any atom is 0.223 e. The van der Waals surface area contributed by atoms with Gasteiger partial charge < -0.3 is 10.5 Å². The first kappa shape index (κ1) is 12.8. The van der Waals surface area contributed by atoms with Gasteiger partial charge >= 0.3 is 0 Å². The van der Waals surface area contributed by atoms with E-state index in [2.05, 4.69) is 9.97 Å². The Kier molecular flexibility index (Phi) is 3.92. The second-order valence-corrected chi connectivity index (χ2v) is 5.63. The van der Waals surface area contributed by atoms with E-state index in [-0.39, 0.29) is 0 Å². The molecular weight excluding hydrogens is 240 g/mol. The van der Waals surface area contributed by atoms with Crippen LogP contribution in [0.1, 0.15) is 68.4 Å². The number of ether oxygens (including phenoxy) is 1. The molecule has 3 rings (SSSR count). The summed E-state index contributed by atoms with van der Waals surface area (Å²) in [5.41, 5.74) is 5.88. The summed E-state index contributed by atoms with van der Waals surface area (Å²) in [5.74, 6) is 3.07. The summed E-state index contributed by atoms with van der Waals surface area (Å²) in [4.78, 5) is 13.5. The van der Waals surface area contributed by atoms with Gasteiger partial charge in [-0.05, 0) is 25.7 Å². The highest BCUT2D eigenvalue weighted by atomic mass is 16.5. The molecule has 5 heteroatoms. The molecule has 0 unspecified atom stereocenters. The number of hydrogen-bond donors (Lipinski definition) is 1. The highest BCUT2D eigenvalue weighted by Crippen LogP contribution is 2.32. The molecule has 2 aliphatic rings. The Balaban J connectivity index is 1.82. The van der Waals surface area contributed by atoms with E-state index in [1.54, 1.807) is 0 Å². The third-order valence-electron chi connectivity index (χ3n) is 4.24. The van der Waals surface area contributed by atoms with Crippen molar-refractivity contribution in [2.24, 2.45) is 0 Å². The molecule has 0 radical (unpaired) electrons. The Bertz CT molecular complexity index is 389. The van der Waals surface area contributed by atoms with Crippen molar-refractivity contribution >= 4 is 5.95 Å². The van der Waals surface area contributed by atoms with Gasteiger partial charge in [-0.1, -0.05) is 19.3 Å². The molecule has 2 N–H and O–H groups in total. The minimum atomic E-state index is 0.386. The van der Waals surface area contributed by atoms with Crippen molar-refractivity contribution in [2.75, 3.05) is 18.9 Å². The minimum Gasteiger partial charge on any atom is -0.381 e. The lowest BCUT2D eigenvalue weighted by Gasteiger charge is -2.23. The molecule has 0 bridgehead atoms. The maximum absolute atomic E-state index is 5.88. The zero-order valence-electron chi connectivity index (χ0n) is 11.3. The Morgan fingerprint density at radius 3 is 2.00 bits per heavy atom. The molecule has 1 aromatic rings. The van der Waals surface area contributed by atoms with Crippen LogP contribution in [0.2, 0.25) is 0 Å². The Morgan fingerprint density at radius 1 is 0.789 bits per heavy atom. The first-order valence-corrected chi connectivity index (χ1v) is 7.42. The summed E-state index contributed by atoms with van der Waals surface area (Å²) in [6.07, 6.45) is 8.27. The molecule has 1 aliphatic carbocycles. The van der Waals surface area contributed by atoms with Gasteiger partial charge in [0.25, 0.3) is 0 Å². The van der Waals surface area contributed by atoms with E-state index in [0.717, 1.165) is 37.7 Å². The summed E-state index contributed by atoms with van der Waals surface area (Å²) in [5, 5.41) is 0. The summed E-state index contributed by atoms with van der Waals surface area (Å²) in [6, 6.07) is 0. The van der Waals surface area contributed by atoms with E-state index >= 15 is 0 Å². The first-order chi connectivity index (χ1) is 9.33. The van der Waals surface area contributed by atoms with Gasteiger partial charge in [0.05, 0.1) is 0 Å². The van der Waals surface area contributed by atoms with Crippen LogP contribution in [0.4, 0.5) is 5.95 Å². The second kappa shape index (κ2) is 5.82. The first-order valence-electron chi connectivity index (χ1n) is 7.42. The number of anilines is 1. The standard InChI is InChI=1S/C14H22N4O/c15-14-17-12(10-4-2-1-3-5-10)16-13(18-14)11-6-8-19-9-7-11/h10-11H,1-9H2,(H2,15,16,17,18). The van der Waals surface area contributed by atoms with Gasteiger partial charge in [0, 0.05) is 25.0 Å². The minimum absolute atomic E-state index is 0.386. The van der Waals surface area contributed by atoms with Gasteiger partial charge in [0.2, 0.25) is 5.95 Å². The quantitative estimate of drug-likeness (QED) is 0.885. The van der Waals surface area contributed by atoms with Crippen molar-refractivity contribution in [3.63, 3.8) is 0 Å². The van der Waals surface area contributed by atoms with Crippen LogP contribution in [0.15, 0.2) is 0 Å². The van der Waals surface area contributed by atoms with Gasteiger partial charge in [0.1, 0.15) is 11.6 Å². The van der Waals surface area contributed by atoms with Gasteiger partial charge in [0.15, 0.2) is 0 Å². The smallest absolute Gasteiger partial charge is 0.223 e. The molecule has 19 heavy (non-hydrogen) atoms. The molecule has 1 aliphatic heterocycles. The number of nitrogen functional groups attached to an aromatic ring is 1. The van der Waals surface area contributed by atoms with Crippen molar-refractivity contribution in [3.05, 3.63) is 11.6 Å². The highest BCUT2D eigenvalue weighted by molar-refractivity contribution is 5.19. The average molecular weight is 262 g/mol. The molecule has 2 fully saturated rings. The van der Waals surface area contributed by atoms with E-state index < -0.39 is 0 Å². The topological polar surface area (TPSA) is 73.9 Å². The molecule has 0 spiro atoms. The summed E-state index contributed by atoms with van der Waals surface area (Å²) in [7, 11) is 0. The Morgan fingerprint density at radius 2 is 1.37 bits per heavy atom. The Labute approximate surface area is 114 Å². The van der Waals surface area contributed by atoms with E-state index in [9.17, 15) is 0 Å². The molecule has 1 saturated heterocycles. The summed E-state index contributed by atoms with van der Waals surface area (Å²) >= 11 is 0. The highest BCUT2D eigenvalue weighted by Gasteiger charge is 2.23. The largest absolute Gasteiger partial charge is 0.381 e. The number of nitrogens with two attached hydrogens (primary N) is 1. The van der Waals surface area contributed by atoms with Crippen LogP contribution in [0.25, 0.3) is 0 Å². The van der Waals surface area contributed by atoms with E-state index in [0.29, 0.717) is 17.8 Å². The molecular formula is C14H22N4O. The third kappa shape index (κ3) is 3.03. The lowest BCUT2D eigenvalue weighted by Crippen LogP contribution is -2.20. The van der Waals surface area contributed by atoms with Gasteiger partial charge in [-0.25, -0.2) is 4.98 Å². The van der Waals surface area contributed by atoms with Crippen LogP contribution in [0.5, 0.6) is 0 Å². The molecule has 0 aromatic carbocycles. The van der Waals surface area contributed by atoms with E-state index in [4.69, 9.17) is 15.5 Å². The van der Waals surface area contributed by atoms with Crippen LogP contribution in [0, 0.1) is 0 Å². The predicted octanol–water partition coefficient (Wildman–Crippen LogP) is 2.40. The number of aromatic nitrogens is 3. The third-order valence-corrected chi connectivity index (χ3v) is 4.24. The average Bonchev–Trinajstić information content (AvgIpc) is 2.48. The molecule has 5 nitrogen and oxygen atoms in total. The number of rotatable bonds is 2. The van der Waals surface area contributed by atoms with Crippen molar-refractivity contribution in [1.82, 2.24) is 15.0 Å². The molecule has 2 heterocycles. The fourth-order valence-corrected chi connectivity index (χ4v) is 3.11. The molecule has 0 atom stereocenters. The number of nitrogens with zero attached hydrogens (tertiary/aromatic N) is 3. The normalized spacial score (nSPS) is 22.5. The fourth-order valence-electron chi connectivity index (χ4n) is 3.11. The molecule has 1 saturated carbocycles.